The molecule has 0 radical (unpaired) electrons. The molecule has 0 aromatic rings. The third-order valence-electron chi connectivity index (χ3n) is 2.90. The normalized spacial score (nSPS) is 15.9. The fourth-order valence-electron chi connectivity index (χ4n) is 1.58. The third kappa shape index (κ3) is 5.53. The predicted octanol–water partition coefficient (Wildman–Crippen LogP) is 4.60. The molecule has 154 valence electrons. The SMILES string of the molecule is C=C(C(=O)OOC(F)C(F)(F)C(F)(F)C(F)(F)F)C(OC(C)C)C(C)C. The Bertz CT molecular complexity index is 502. The van der Waals surface area contributed by atoms with Crippen LogP contribution in [0.3, 0.4) is 0 Å². The second kappa shape index (κ2) is 8.51. The molecule has 26 heavy (non-hydrogen) atoms. The van der Waals surface area contributed by atoms with Crippen molar-refractivity contribution in [1.29, 1.82) is 0 Å². The maximum absolute atomic E-state index is 13.1. The van der Waals surface area contributed by atoms with Crippen molar-refractivity contribution >= 4 is 5.97 Å². The quantitative estimate of drug-likeness (QED) is 0.245. The van der Waals surface area contributed by atoms with Crippen LogP contribution in [0.1, 0.15) is 27.7 Å². The molecule has 0 bridgehead atoms. The first-order valence-corrected chi connectivity index (χ1v) is 7.15. The molecule has 0 fully saturated rings. The van der Waals surface area contributed by atoms with Gasteiger partial charge >= 0.3 is 30.3 Å². The largest absolute Gasteiger partial charge is 0.460 e. The number of halogens is 8. The van der Waals surface area contributed by atoms with E-state index >= 15 is 0 Å². The summed E-state index contributed by atoms with van der Waals surface area (Å²) < 4.78 is 106. The number of carbonyl (C=O) groups is 1. The van der Waals surface area contributed by atoms with Gasteiger partial charge in [0.05, 0.1) is 17.8 Å². The van der Waals surface area contributed by atoms with Gasteiger partial charge in [-0.2, -0.15) is 30.7 Å². The number of hydrogen-bond acceptors (Lipinski definition) is 4. The summed E-state index contributed by atoms with van der Waals surface area (Å²) in [5, 5.41) is 0. The molecule has 0 N–H and O–H groups in total. The number of carbonyl (C=O) groups excluding carboxylic acids is 1. The van der Waals surface area contributed by atoms with Crippen molar-refractivity contribution in [3.05, 3.63) is 12.2 Å². The fraction of sp³-hybridized carbons (Fsp3) is 0.786. The molecule has 0 aromatic carbocycles. The van der Waals surface area contributed by atoms with Crippen LogP contribution in [0.5, 0.6) is 0 Å². The molecule has 0 spiro atoms. The standard InChI is InChI=1S/C14H18F8O4/c1-6(2)9(24-7(3)4)8(5)10(23)25-26-11(15)12(16,17)13(18,19)14(20,21)22/h6-7,9,11H,5H2,1-4H3. The van der Waals surface area contributed by atoms with Crippen LogP contribution in [0.4, 0.5) is 35.1 Å². The highest BCUT2D eigenvalue weighted by molar-refractivity contribution is 5.88. The molecule has 0 saturated heterocycles. The summed E-state index contributed by atoms with van der Waals surface area (Å²) in [7, 11) is 0. The maximum Gasteiger partial charge on any atom is 0.460 e. The van der Waals surface area contributed by atoms with E-state index in [1.54, 1.807) is 27.7 Å². The van der Waals surface area contributed by atoms with Crippen molar-refractivity contribution in [1.82, 2.24) is 0 Å². The van der Waals surface area contributed by atoms with Gasteiger partial charge in [0.15, 0.2) is 0 Å². The molecular formula is C14H18F8O4. The van der Waals surface area contributed by atoms with Crippen molar-refractivity contribution in [2.24, 2.45) is 5.92 Å². The van der Waals surface area contributed by atoms with Gasteiger partial charge in [-0.05, 0) is 19.8 Å². The highest BCUT2D eigenvalue weighted by atomic mass is 19.4. The van der Waals surface area contributed by atoms with Crippen LogP contribution < -0.4 is 0 Å². The van der Waals surface area contributed by atoms with E-state index in [4.69, 9.17) is 4.74 Å². The lowest BCUT2D eigenvalue weighted by molar-refractivity contribution is -0.428. The summed E-state index contributed by atoms with van der Waals surface area (Å²) in [4.78, 5) is 18.3. The van der Waals surface area contributed by atoms with E-state index in [1.165, 1.54) is 0 Å². The van der Waals surface area contributed by atoms with Gasteiger partial charge in [-0.15, -0.1) is 4.89 Å². The zero-order valence-electron chi connectivity index (χ0n) is 14.2. The summed E-state index contributed by atoms with van der Waals surface area (Å²) in [6.45, 7) is 9.55. The summed E-state index contributed by atoms with van der Waals surface area (Å²) >= 11 is 0. The lowest BCUT2D eigenvalue weighted by atomic mass is 10.00. The van der Waals surface area contributed by atoms with Gasteiger partial charge < -0.3 is 4.74 Å². The van der Waals surface area contributed by atoms with Crippen molar-refractivity contribution in [2.45, 2.75) is 64.3 Å². The summed E-state index contributed by atoms with van der Waals surface area (Å²) in [5.41, 5.74) is -0.535. The van der Waals surface area contributed by atoms with Gasteiger partial charge in [0.25, 0.3) is 0 Å². The van der Waals surface area contributed by atoms with Crippen molar-refractivity contribution in [3.8, 4) is 0 Å². The topological polar surface area (TPSA) is 44.8 Å². The average Bonchev–Trinajstić information content (AvgIpc) is 2.47. The Morgan fingerprint density at radius 1 is 0.962 bits per heavy atom. The van der Waals surface area contributed by atoms with Crippen LogP contribution >= 0.6 is 0 Å². The Morgan fingerprint density at radius 3 is 1.77 bits per heavy atom. The maximum atomic E-state index is 13.1. The highest BCUT2D eigenvalue weighted by Crippen LogP contribution is 2.49. The smallest absolute Gasteiger partial charge is 0.370 e. The molecule has 2 atom stereocenters. The second-order valence-corrected chi connectivity index (χ2v) is 5.85. The van der Waals surface area contributed by atoms with E-state index in [1.807, 2.05) is 0 Å². The second-order valence-electron chi connectivity index (χ2n) is 5.85. The van der Waals surface area contributed by atoms with E-state index in [-0.39, 0.29) is 0 Å². The van der Waals surface area contributed by atoms with Crippen molar-refractivity contribution in [2.75, 3.05) is 0 Å². The first-order chi connectivity index (χ1) is 11.5. The van der Waals surface area contributed by atoms with Crippen LogP contribution in [0.25, 0.3) is 0 Å². The Morgan fingerprint density at radius 2 is 1.42 bits per heavy atom. The number of hydrogen-bond donors (Lipinski definition) is 0. The molecule has 0 heterocycles. The summed E-state index contributed by atoms with van der Waals surface area (Å²) in [6, 6.07) is 0. The zero-order chi connectivity index (χ0) is 21.1. The van der Waals surface area contributed by atoms with Gasteiger partial charge in [-0.3, -0.25) is 4.89 Å². The molecule has 0 saturated carbocycles. The van der Waals surface area contributed by atoms with Gasteiger partial charge in [0, 0.05) is 0 Å². The number of alkyl halides is 8. The molecule has 0 aliphatic rings. The molecular weight excluding hydrogens is 384 g/mol. The summed E-state index contributed by atoms with van der Waals surface area (Å²) in [6.07, 6.45) is -12.8. The lowest BCUT2D eigenvalue weighted by Gasteiger charge is -2.29. The average molecular weight is 402 g/mol. The van der Waals surface area contributed by atoms with E-state index in [0.29, 0.717) is 0 Å². The Kier molecular flexibility index (Phi) is 8.04. The third-order valence-corrected chi connectivity index (χ3v) is 2.90. The molecule has 0 aliphatic carbocycles. The van der Waals surface area contributed by atoms with Crippen molar-refractivity contribution in [3.63, 3.8) is 0 Å². The number of ether oxygens (including phenoxy) is 1. The first kappa shape index (κ1) is 24.6. The molecule has 0 rings (SSSR count). The minimum Gasteiger partial charge on any atom is -0.370 e. The first-order valence-electron chi connectivity index (χ1n) is 7.15. The minimum atomic E-state index is -6.76. The molecule has 0 aromatic heterocycles. The fourth-order valence-corrected chi connectivity index (χ4v) is 1.58. The van der Waals surface area contributed by atoms with Gasteiger partial charge in [-0.1, -0.05) is 20.4 Å². The minimum absolute atomic E-state index is 0.394. The Hall–Kier alpha value is -1.43. The number of rotatable bonds is 9. The summed E-state index contributed by atoms with van der Waals surface area (Å²) in [5.74, 6) is -15.2. The predicted molar refractivity (Wildman–Crippen MR) is 72.0 cm³/mol. The van der Waals surface area contributed by atoms with Gasteiger partial charge in [0.2, 0.25) is 0 Å². The van der Waals surface area contributed by atoms with Crippen molar-refractivity contribution < 1.29 is 54.4 Å². The molecule has 0 amide bonds. The molecule has 12 heteroatoms. The van der Waals surface area contributed by atoms with Crippen LogP contribution in [-0.2, 0) is 19.3 Å². The zero-order valence-corrected chi connectivity index (χ0v) is 14.2. The molecule has 4 nitrogen and oxygen atoms in total. The van der Waals surface area contributed by atoms with E-state index in [9.17, 15) is 39.9 Å². The van der Waals surface area contributed by atoms with Crippen LogP contribution in [0, 0.1) is 5.92 Å². The van der Waals surface area contributed by atoms with Gasteiger partial charge in [-0.25, -0.2) is 9.18 Å². The van der Waals surface area contributed by atoms with Crippen LogP contribution in [-0.4, -0.2) is 42.6 Å². The van der Waals surface area contributed by atoms with Crippen LogP contribution in [0.2, 0.25) is 0 Å². The van der Waals surface area contributed by atoms with Gasteiger partial charge in [0.1, 0.15) is 0 Å². The van der Waals surface area contributed by atoms with Crippen LogP contribution in [0.15, 0.2) is 12.2 Å². The lowest BCUT2D eigenvalue weighted by Crippen LogP contribution is -2.57. The molecule has 2 unspecified atom stereocenters. The highest BCUT2D eigenvalue weighted by Gasteiger charge is 2.77. The van der Waals surface area contributed by atoms with E-state index in [0.717, 1.165) is 0 Å². The van der Waals surface area contributed by atoms with E-state index in [2.05, 4.69) is 16.4 Å². The Labute approximate surface area is 144 Å². The monoisotopic (exact) mass is 402 g/mol. The van der Waals surface area contributed by atoms with E-state index < -0.39 is 54.0 Å². The molecule has 0 aliphatic heterocycles. The Balaban J connectivity index is 5.07.